The molecule has 0 amide bonds. The van der Waals surface area contributed by atoms with Gasteiger partial charge in [-0.25, -0.2) is 0 Å². The van der Waals surface area contributed by atoms with Crippen molar-refractivity contribution in [3.05, 3.63) is 29.3 Å². The van der Waals surface area contributed by atoms with E-state index in [4.69, 9.17) is 9.47 Å². The Kier molecular flexibility index (Phi) is 5.65. The molecule has 0 aromatic heterocycles. The normalized spacial score (nSPS) is 16.4. The molecular formula is C18H29NO2. The highest BCUT2D eigenvalue weighted by atomic mass is 16.5. The second-order valence-electron chi connectivity index (χ2n) is 6.97. The highest BCUT2D eigenvalue weighted by molar-refractivity contribution is 5.37. The van der Waals surface area contributed by atoms with Crippen molar-refractivity contribution in [1.29, 1.82) is 0 Å². The van der Waals surface area contributed by atoms with E-state index in [1.807, 2.05) is 6.07 Å². The molecule has 1 N–H and O–H groups in total. The topological polar surface area (TPSA) is 30.5 Å². The zero-order chi connectivity index (χ0) is 15.3. The maximum Gasteiger partial charge on any atom is 0.124 e. The number of hydrogen-bond acceptors (Lipinski definition) is 3. The minimum Gasteiger partial charge on any atom is -0.496 e. The van der Waals surface area contributed by atoms with Crippen LogP contribution in [-0.2, 0) is 17.9 Å². The average Bonchev–Trinajstić information content (AvgIpc) is 2.95. The first-order valence-electron chi connectivity index (χ1n) is 8.00. The second-order valence-corrected chi connectivity index (χ2v) is 6.97. The zero-order valence-corrected chi connectivity index (χ0v) is 13.9. The lowest BCUT2D eigenvalue weighted by atomic mass is 10.1. The van der Waals surface area contributed by atoms with Crippen LogP contribution in [0.5, 0.6) is 5.75 Å². The van der Waals surface area contributed by atoms with Gasteiger partial charge >= 0.3 is 0 Å². The number of nitrogens with one attached hydrogen (secondary N) is 1. The molecule has 1 saturated carbocycles. The van der Waals surface area contributed by atoms with Crippen molar-refractivity contribution in [2.75, 3.05) is 7.11 Å². The van der Waals surface area contributed by atoms with Gasteiger partial charge in [0.1, 0.15) is 5.75 Å². The van der Waals surface area contributed by atoms with Crippen LogP contribution in [0.2, 0.25) is 0 Å². The van der Waals surface area contributed by atoms with Gasteiger partial charge in [0, 0.05) is 17.6 Å². The second kappa shape index (κ2) is 7.28. The van der Waals surface area contributed by atoms with Gasteiger partial charge in [-0.15, -0.1) is 0 Å². The third-order valence-electron chi connectivity index (χ3n) is 3.94. The summed E-state index contributed by atoms with van der Waals surface area (Å²) < 4.78 is 11.5. The van der Waals surface area contributed by atoms with Crippen molar-refractivity contribution in [3.8, 4) is 5.75 Å². The summed E-state index contributed by atoms with van der Waals surface area (Å²) in [4.78, 5) is 0. The van der Waals surface area contributed by atoms with Gasteiger partial charge in [-0.3, -0.25) is 0 Å². The van der Waals surface area contributed by atoms with E-state index in [0.717, 1.165) is 17.9 Å². The minimum atomic E-state index is 0.125. The molecule has 0 aliphatic heterocycles. The van der Waals surface area contributed by atoms with Crippen LogP contribution in [0.25, 0.3) is 0 Å². The summed E-state index contributed by atoms with van der Waals surface area (Å²) in [5.41, 5.74) is 2.55. The van der Waals surface area contributed by atoms with Gasteiger partial charge in [0.15, 0.2) is 0 Å². The van der Waals surface area contributed by atoms with Crippen molar-refractivity contribution in [1.82, 2.24) is 5.32 Å². The summed E-state index contributed by atoms with van der Waals surface area (Å²) in [6.07, 6.45) is 5.45. The number of benzene rings is 1. The van der Waals surface area contributed by atoms with Crippen LogP contribution in [0.1, 0.15) is 57.6 Å². The Morgan fingerprint density at radius 3 is 2.52 bits per heavy atom. The maximum absolute atomic E-state index is 6.03. The molecule has 0 radical (unpaired) electrons. The third-order valence-corrected chi connectivity index (χ3v) is 3.94. The number of methoxy groups -OCH3 is 1. The summed E-state index contributed by atoms with van der Waals surface area (Å²) in [7, 11) is 1.72. The van der Waals surface area contributed by atoms with E-state index in [2.05, 4.69) is 38.2 Å². The zero-order valence-electron chi connectivity index (χ0n) is 13.9. The molecule has 118 valence electrons. The van der Waals surface area contributed by atoms with Gasteiger partial charge in [0.25, 0.3) is 0 Å². The SMILES string of the molecule is COc1ccc(CNC(C)(C)C)cc1COC1CCCC1. The van der Waals surface area contributed by atoms with Crippen molar-refractivity contribution in [2.24, 2.45) is 0 Å². The van der Waals surface area contributed by atoms with Gasteiger partial charge in [0.2, 0.25) is 0 Å². The van der Waals surface area contributed by atoms with E-state index >= 15 is 0 Å². The van der Waals surface area contributed by atoms with E-state index in [1.165, 1.54) is 31.2 Å². The summed E-state index contributed by atoms with van der Waals surface area (Å²) in [5, 5.41) is 3.52. The first kappa shape index (κ1) is 16.3. The van der Waals surface area contributed by atoms with Crippen LogP contribution in [0.3, 0.4) is 0 Å². The van der Waals surface area contributed by atoms with Gasteiger partial charge in [-0.1, -0.05) is 18.9 Å². The van der Waals surface area contributed by atoms with Crippen LogP contribution in [0.15, 0.2) is 18.2 Å². The average molecular weight is 291 g/mol. The van der Waals surface area contributed by atoms with Gasteiger partial charge < -0.3 is 14.8 Å². The lowest BCUT2D eigenvalue weighted by Gasteiger charge is -2.21. The van der Waals surface area contributed by atoms with Gasteiger partial charge in [-0.05, 0) is 51.3 Å². The fourth-order valence-electron chi connectivity index (χ4n) is 2.68. The van der Waals surface area contributed by atoms with E-state index in [9.17, 15) is 0 Å². The molecule has 1 aromatic carbocycles. The maximum atomic E-state index is 6.03. The van der Waals surface area contributed by atoms with Crippen molar-refractivity contribution >= 4 is 0 Å². The van der Waals surface area contributed by atoms with Crippen molar-refractivity contribution < 1.29 is 9.47 Å². The summed E-state index contributed by atoms with van der Waals surface area (Å²) in [6.45, 7) is 8.06. The molecule has 0 spiro atoms. The minimum absolute atomic E-state index is 0.125. The lowest BCUT2D eigenvalue weighted by Crippen LogP contribution is -2.35. The molecule has 3 nitrogen and oxygen atoms in total. The molecule has 1 aliphatic rings. The lowest BCUT2D eigenvalue weighted by molar-refractivity contribution is 0.0446. The summed E-state index contributed by atoms with van der Waals surface area (Å²) in [6, 6.07) is 6.37. The highest BCUT2D eigenvalue weighted by Crippen LogP contribution is 2.25. The molecule has 1 aliphatic carbocycles. The van der Waals surface area contributed by atoms with Crippen molar-refractivity contribution in [3.63, 3.8) is 0 Å². The molecule has 1 aromatic rings. The quantitative estimate of drug-likeness (QED) is 0.858. The van der Waals surface area contributed by atoms with Gasteiger partial charge in [-0.2, -0.15) is 0 Å². The Labute approximate surface area is 129 Å². The molecule has 0 heterocycles. The van der Waals surface area contributed by atoms with Crippen molar-refractivity contribution in [2.45, 2.75) is 71.2 Å². The first-order valence-corrected chi connectivity index (χ1v) is 8.00. The van der Waals surface area contributed by atoms with Crippen LogP contribution < -0.4 is 10.1 Å². The summed E-state index contributed by atoms with van der Waals surface area (Å²) >= 11 is 0. The third kappa shape index (κ3) is 5.33. The molecular weight excluding hydrogens is 262 g/mol. The van der Waals surface area contributed by atoms with E-state index in [0.29, 0.717) is 12.7 Å². The van der Waals surface area contributed by atoms with Crippen LogP contribution in [-0.4, -0.2) is 18.8 Å². The molecule has 0 saturated heterocycles. The molecule has 3 heteroatoms. The Balaban J connectivity index is 1.99. The first-order chi connectivity index (χ1) is 9.98. The molecule has 1 fully saturated rings. The van der Waals surface area contributed by atoms with Gasteiger partial charge in [0.05, 0.1) is 19.8 Å². The Bertz CT molecular complexity index is 445. The number of rotatable bonds is 6. The number of hydrogen-bond donors (Lipinski definition) is 1. The smallest absolute Gasteiger partial charge is 0.124 e. The van der Waals surface area contributed by atoms with E-state index < -0.39 is 0 Å². The van der Waals surface area contributed by atoms with Crippen LogP contribution in [0.4, 0.5) is 0 Å². The van der Waals surface area contributed by atoms with Crippen LogP contribution in [0, 0.1) is 0 Å². The Morgan fingerprint density at radius 1 is 1.19 bits per heavy atom. The van der Waals surface area contributed by atoms with Crippen LogP contribution >= 0.6 is 0 Å². The summed E-state index contributed by atoms with van der Waals surface area (Å²) in [5.74, 6) is 0.924. The Hall–Kier alpha value is -1.06. The number of ether oxygens (including phenoxy) is 2. The standard InChI is InChI=1S/C18H29NO2/c1-18(2,3)19-12-14-9-10-17(20-4)15(11-14)13-21-16-7-5-6-8-16/h9-11,16,19H,5-8,12-13H2,1-4H3. The molecule has 0 atom stereocenters. The predicted molar refractivity (Wildman–Crippen MR) is 86.6 cm³/mol. The fourth-order valence-corrected chi connectivity index (χ4v) is 2.68. The predicted octanol–water partition coefficient (Wildman–Crippen LogP) is 4.04. The fraction of sp³-hybridized carbons (Fsp3) is 0.667. The highest BCUT2D eigenvalue weighted by Gasteiger charge is 2.16. The Morgan fingerprint density at radius 2 is 1.90 bits per heavy atom. The van der Waals surface area contributed by atoms with E-state index in [1.54, 1.807) is 7.11 Å². The molecule has 0 unspecified atom stereocenters. The molecule has 0 bridgehead atoms. The van der Waals surface area contributed by atoms with E-state index in [-0.39, 0.29) is 5.54 Å². The molecule has 2 rings (SSSR count). The largest absolute Gasteiger partial charge is 0.496 e. The molecule has 21 heavy (non-hydrogen) atoms. The monoisotopic (exact) mass is 291 g/mol.